The first-order chi connectivity index (χ1) is 12.6. The molecule has 2 heterocycles. The number of fused-ring (bicyclic) bond motifs is 3. The summed E-state index contributed by atoms with van der Waals surface area (Å²) in [5.41, 5.74) is 4.10. The molecule has 0 radical (unpaired) electrons. The molecule has 0 spiro atoms. The van der Waals surface area contributed by atoms with Crippen LogP contribution in [0.5, 0.6) is 5.75 Å². The first-order valence-electron chi connectivity index (χ1n) is 9.26. The molecule has 2 unspecified atom stereocenters. The first kappa shape index (κ1) is 17.4. The lowest BCUT2D eigenvalue weighted by atomic mass is 9.93. The number of nitrogens with zero attached hydrogens (tertiary/aromatic N) is 2. The standard InChI is InChI=1S/C22H25ClN2O/c1-15-13-21-22(16(2)24(15)3)19-14-17(23)9-10-20(19)25(21)11-12-26-18-7-5-4-6-8-18/h4-10,14-16H,11-13H2,1-3H3. The Morgan fingerprint density at radius 2 is 1.88 bits per heavy atom. The van der Waals surface area contributed by atoms with Gasteiger partial charge in [0, 0.05) is 40.1 Å². The zero-order chi connectivity index (χ0) is 18.3. The van der Waals surface area contributed by atoms with E-state index in [0.717, 1.165) is 23.7 Å². The largest absolute Gasteiger partial charge is 0.492 e. The normalized spacial score (nSPS) is 20.3. The lowest BCUT2D eigenvalue weighted by Crippen LogP contribution is -2.38. The molecule has 3 nitrogen and oxygen atoms in total. The second-order valence-corrected chi connectivity index (χ2v) is 7.67. The van der Waals surface area contributed by atoms with Crippen molar-refractivity contribution in [2.45, 2.75) is 38.9 Å². The molecule has 1 aliphatic rings. The van der Waals surface area contributed by atoms with Gasteiger partial charge in [0.1, 0.15) is 12.4 Å². The van der Waals surface area contributed by atoms with E-state index < -0.39 is 0 Å². The summed E-state index contributed by atoms with van der Waals surface area (Å²) >= 11 is 6.32. The summed E-state index contributed by atoms with van der Waals surface area (Å²) < 4.78 is 8.39. The van der Waals surface area contributed by atoms with Crippen LogP contribution < -0.4 is 4.74 Å². The van der Waals surface area contributed by atoms with Gasteiger partial charge in [-0.25, -0.2) is 0 Å². The Morgan fingerprint density at radius 3 is 2.65 bits per heavy atom. The third-order valence-electron chi connectivity index (χ3n) is 5.72. The van der Waals surface area contributed by atoms with E-state index in [1.54, 1.807) is 0 Å². The molecule has 4 rings (SSSR count). The molecule has 1 aliphatic heterocycles. The molecule has 0 aliphatic carbocycles. The third-order valence-corrected chi connectivity index (χ3v) is 5.95. The molecule has 0 saturated carbocycles. The van der Waals surface area contributed by atoms with Crippen LogP contribution in [0.25, 0.3) is 10.9 Å². The summed E-state index contributed by atoms with van der Waals surface area (Å²) in [6, 6.07) is 17.2. The van der Waals surface area contributed by atoms with Crippen molar-refractivity contribution in [2.75, 3.05) is 13.7 Å². The van der Waals surface area contributed by atoms with Crippen LogP contribution in [0.4, 0.5) is 0 Å². The maximum absolute atomic E-state index is 6.32. The summed E-state index contributed by atoms with van der Waals surface area (Å²) in [4.78, 5) is 2.45. The molecule has 0 N–H and O–H groups in total. The van der Waals surface area contributed by atoms with Crippen LogP contribution in [0.3, 0.4) is 0 Å². The zero-order valence-corrected chi connectivity index (χ0v) is 16.3. The van der Waals surface area contributed by atoms with E-state index in [1.165, 1.54) is 22.2 Å². The number of likely N-dealkylation sites (N-methyl/N-ethyl adjacent to an activating group) is 1. The number of benzene rings is 2. The van der Waals surface area contributed by atoms with Crippen molar-refractivity contribution < 1.29 is 4.74 Å². The second-order valence-electron chi connectivity index (χ2n) is 7.23. The van der Waals surface area contributed by atoms with E-state index in [9.17, 15) is 0 Å². The molecule has 0 saturated heterocycles. The fraction of sp³-hybridized carbons (Fsp3) is 0.364. The average molecular weight is 369 g/mol. The Hall–Kier alpha value is -1.97. The van der Waals surface area contributed by atoms with E-state index in [-0.39, 0.29) is 0 Å². The Bertz CT molecular complexity index is 919. The van der Waals surface area contributed by atoms with Crippen LogP contribution in [0.1, 0.15) is 31.1 Å². The quantitative estimate of drug-likeness (QED) is 0.620. The van der Waals surface area contributed by atoms with Crippen molar-refractivity contribution in [2.24, 2.45) is 0 Å². The lowest BCUT2D eigenvalue weighted by molar-refractivity contribution is 0.176. The molecule has 0 bridgehead atoms. The van der Waals surface area contributed by atoms with Gasteiger partial charge in [-0.2, -0.15) is 0 Å². The predicted octanol–water partition coefficient (Wildman–Crippen LogP) is 5.31. The summed E-state index contributed by atoms with van der Waals surface area (Å²) in [5.74, 6) is 0.919. The molecular formula is C22H25ClN2O. The molecule has 1 aromatic heterocycles. The maximum Gasteiger partial charge on any atom is 0.119 e. The van der Waals surface area contributed by atoms with Gasteiger partial charge in [0.2, 0.25) is 0 Å². The highest BCUT2D eigenvalue weighted by atomic mass is 35.5. The minimum atomic E-state index is 0.381. The maximum atomic E-state index is 6.32. The number of aromatic nitrogens is 1. The van der Waals surface area contributed by atoms with Crippen LogP contribution in [0.2, 0.25) is 5.02 Å². The zero-order valence-electron chi connectivity index (χ0n) is 15.6. The predicted molar refractivity (Wildman–Crippen MR) is 108 cm³/mol. The number of hydrogen-bond donors (Lipinski definition) is 0. The Balaban J connectivity index is 1.71. The highest BCUT2D eigenvalue weighted by molar-refractivity contribution is 6.31. The number of ether oxygens (including phenoxy) is 1. The summed E-state index contributed by atoms with van der Waals surface area (Å²) in [5, 5.41) is 2.07. The van der Waals surface area contributed by atoms with Crippen LogP contribution >= 0.6 is 11.6 Å². The summed E-state index contributed by atoms with van der Waals surface area (Å²) in [6.07, 6.45) is 1.05. The molecule has 136 valence electrons. The van der Waals surface area contributed by atoms with Crippen LogP contribution in [0.15, 0.2) is 48.5 Å². The Morgan fingerprint density at radius 1 is 1.12 bits per heavy atom. The molecule has 0 fully saturated rings. The van der Waals surface area contributed by atoms with Gasteiger partial charge >= 0.3 is 0 Å². The molecule has 0 amide bonds. The fourth-order valence-corrected chi connectivity index (χ4v) is 4.30. The van der Waals surface area contributed by atoms with Gasteiger partial charge in [-0.15, -0.1) is 0 Å². The number of para-hydroxylation sites is 1. The monoisotopic (exact) mass is 368 g/mol. The number of halogens is 1. The van der Waals surface area contributed by atoms with Crippen molar-refractivity contribution >= 4 is 22.5 Å². The van der Waals surface area contributed by atoms with Gasteiger partial charge in [-0.1, -0.05) is 29.8 Å². The molecular weight excluding hydrogens is 344 g/mol. The molecule has 26 heavy (non-hydrogen) atoms. The summed E-state index contributed by atoms with van der Waals surface area (Å²) in [7, 11) is 2.21. The van der Waals surface area contributed by atoms with Gasteiger partial charge < -0.3 is 9.30 Å². The lowest BCUT2D eigenvalue weighted by Gasteiger charge is -2.36. The van der Waals surface area contributed by atoms with Crippen molar-refractivity contribution in [3.8, 4) is 5.75 Å². The van der Waals surface area contributed by atoms with Gasteiger partial charge in [-0.3, -0.25) is 4.90 Å². The van der Waals surface area contributed by atoms with Gasteiger partial charge in [-0.05, 0) is 56.8 Å². The van der Waals surface area contributed by atoms with Gasteiger partial charge in [0.25, 0.3) is 0 Å². The van der Waals surface area contributed by atoms with E-state index in [2.05, 4.69) is 42.5 Å². The smallest absolute Gasteiger partial charge is 0.119 e. The van der Waals surface area contributed by atoms with E-state index >= 15 is 0 Å². The molecule has 3 aromatic rings. The second kappa shape index (κ2) is 6.98. The van der Waals surface area contributed by atoms with Crippen LogP contribution in [-0.4, -0.2) is 29.2 Å². The average Bonchev–Trinajstić information content (AvgIpc) is 2.93. The summed E-state index contributed by atoms with van der Waals surface area (Å²) in [6.45, 7) is 6.08. The fourth-order valence-electron chi connectivity index (χ4n) is 4.13. The molecule has 4 heteroatoms. The van der Waals surface area contributed by atoms with Crippen molar-refractivity contribution in [1.82, 2.24) is 9.47 Å². The first-order valence-corrected chi connectivity index (χ1v) is 9.64. The Labute approximate surface area is 160 Å². The van der Waals surface area contributed by atoms with Crippen molar-refractivity contribution in [1.29, 1.82) is 0 Å². The third kappa shape index (κ3) is 3.00. The molecule has 2 aromatic carbocycles. The number of hydrogen-bond acceptors (Lipinski definition) is 2. The Kier molecular flexibility index (Phi) is 4.68. The minimum Gasteiger partial charge on any atom is -0.492 e. The topological polar surface area (TPSA) is 17.4 Å². The highest BCUT2D eigenvalue weighted by Crippen LogP contribution is 2.39. The van der Waals surface area contributed by atoms with Crippen LogP contribution in [-0.2, 0) is 13.0 Å². The van der Waals surface area contributed by atoms with Crippen molar-refractivity contribution in [3.63, 3.8) is 0 Å². The SMILES string of the molecule is CC1Cc2c(c3cc(Cl)ccc3n2CCOc2ccccc2)C(C)N1C. The van der Waals surface area contributed by atoms with E-state index in [1.807, 2.05) is 36.4 Å². The van der Waals surface area contributed by atoms with E-state index in [0.29, 0.717) is 18.7 Å². The minimum absolute atomic E-state index is 0.381. The van der Waals surface area contributed by atoms with Crippen molar-refractivity contribution in [3.05, 3.63) is 64.8 Å². The molecule has 2 atom stereocenters. The van der Waals surface area contributed by atoms with E-state index in [4.69, 9.17) is 16.3 Å². The number of rotatable bonds is 4. The van der Waals surface area contributed by atoms with Gasteiger partial charge in [0.15, 0.2) is 0 Å². The highest BCUT2D eigenvalue weighted by Gasteiger charge is 2.31. The van der Waals surface area contributed by atoms with Gasteiger partial charge in [0.05, 0.1) is 6.54 Å². The van der Waals surface area contributed by atoms with Crippen LogP contribution in [0, 0.1) is 0 Å².